The second-order valence-corrected chi connectivity index (χ2v) is 5.25. The lowest BCUT2D eigenvalue weighted by Crippen LogP contribution is -2.33. The van der Waals surface area contributed by atoms with Gasteiger partial charge in [-0.1, -0.05) is 32.0 Å². The standard InChI is InChI=1S/C15H25NO/c1-11(2)8-15(10-17)16-9-14-7-5-6-12(3)13(14)4/h5-7,11,15-17H,8-10H2,1-4H3. The van der Waals surface area contributed by atoms with Gasteiger partial charge in [0.15, 0.2) is 0 Å². The predicted octanol–water partition coefficient (Wildman–Crippen LogP) is 2.80. The Morgan fingerprint density at radius 2 is 1.94 bits per heavy atom. The zero-order valence-electron chi connectivity index (χ0n) is 11.5. The van der Waals surface area contributed by atoms with Crippen LogP contribution in [0.15, 0.2) is 18.2 Å². The van der Waals surface area contributed by atoms with E-state index in [0.29, 0.717) is 5.92 Å². The van der Waals surface area contributed by atoms with E-state index in [1.807, 2.05) is 0 Å². The maximum Gasteiger partial charge on any atom is 0.0584 e. The number of aliphatic hydroxyl groups excluding tert-OH is 1. The molecule has 1 unspecified atom stereocenters. The molecule has 0 aliphatic rings. The molecule has 1 rings (SSSR count). The summed E-state index contributed by atoms with van der Waals surface area (Å²) < 4.78 is 0. The van der Waals surface area contributed by atoms with E-state index in [1.54, 1.807) is 0 Å². The lowest BCUT2D eigenvalue weighted by Gasteiger charge is -2.19. The van der Waals surface area contributed by atoms with Crippen LogP contribution in [0.1, 0.15) is 37.0 Å². The van der Waals surface area contributed by atoms with Crippen LogP contribution in [0.2, 0.25) is 0 Å². The largest absolute Gasteiger partial charge is 0.395 e. The first-order valence-corrected chi connectivity index (χ1v) is 6.44. The number of hydrogen-bond donors (Lipinski definition) is 2. The van der Waals surface area contributed by atoms with Gasteiger partial charge in [0.25, 0.3) is 0 Å². The molecule has 0 fully saturated rings. The zero-order valence-corrected chi connectivity index (χ0v) is 11.5. The molecule has 0 heterocycles. The summed E-state index contributed by atoms with van der Waals surface area (Å²) in [5.41, 5.74) is 4.00. The fraction of sp³-hybridized carbons (Fsp3) is 0.600. The highest BCUT2D eigenvalue weighted by molar-refractivity contribution is 5.32. The average Bonchev–Trinajstić information content (AvgIpc) is 2.28. The van der Waals surface area contributed by atoms with Crippen LogP contribution >= 0.6 is 0 Å². The van der Waals surface area contributed by atoms with Crippen LogP contribution in [-0.4, -0.2) is 17.8 Å². The molecule has 96 valence electrons. The highest BCUT2D eigenvalue weighted by Crippen LogP contribution is 2.13. The van der Waals surface area contributed by atoms with Crippen molar-refractivity contribution in [2.75, 3.05) is 6.61 Å². The van der Waals surface area contributed by atoms with Gasteiger partial charge in [-0.05, 0) is 42.9 Å². The molecule has 0 amide bonds. The maximum absolute atomic E-state index is 9.31. The van der Waals surface area contributed by atoms with Crippen LogP contribution in [0.5, 0.6) is 0 Å². The number of benzene rings is 1. The minimum absolute atomic E-state index is 0.204. The molecular weight excluding hydrogens is 210 g/mol. The molecule has 2 heteroatoms. The molecule has 0 aromatic heterocycles. The molecule has 0 aliphatic carbocycles. The molecular formula is C15H25NO. The van der Waals surface area contributed by atoms with E-state index in [2.05, 4.69) is 51.2 Å². The SMILES string of the molecule is Cc1cccc(CNC(CO)CC(C)C)c1C. The van der Waals surface area contributed by atoms with Crippen molar-refractivity contribution in [3.05, 3.63) is 34.9 Å². The Morgan fingerprint density at radius 3 is 2.53 bits per heavy atom. The first-order valence-electron chi connectivity index (χ1n) is 6.44. The fourth-order valence-corrected chi connectivity index (χ4v) is 2.05. The average molecular weight is 235 g/mol. The van der Waals surface area contributed by atoms with Gasteiger partial charge < -0.3 is 10.4 Å². The summed E-state index contributed by atoms with van der Waals surface area (Å²) in [7, 11) is 0. The molecule has 0 spiro atoms. The Hall–Kier alpha value is -0.860. The third-order valence-corrected chi connectivity index (χ3v) is 3.27. The number of hydrogen-bond acceptors (Lipinski definition) is 2. The van der Waals surface area contributed by atoms with Gasteiger partial charge in [-0.15, -0.1) is 0 Å². The monoisotopic (exact) mass is 235 g/mol. The van der Waals surface area contributed by atoms with Crippen LogP contribution in [0.25, 0.3) is 0 Å². The molecule has 0 bridgehead atoms. The van der Waals surface area contributed by atoms with Crippen LogP contribution in [-0.2, 0) is 6.54 Å². The van der Waals surface area contributed by atoms with Gasteiger partial charge in [-0.25, -0.2) is 0 Å². The van der Waals surface area contributed by atoms with Crippen molar-refractivity contribution >= 4 is 0 Å². The van der Waals surface area contributed by atoms with Gasteiger partial charge in [0, 0.05) is 12.6 Å². The minimum atomic E-state index is 0.204. The van der Waals surface area contributed by atoms with Gasteiger partial charge >= 0.3 is 0 Å². The second-order valence-electron chi connectivity index (χ2n) is 5.25. The van der Waals surface area contributed by atoms with E-state index < -0.39 is 0 Å². The van der Waals surface area contributed by atoms with Gasteiger partial charge in [-0.2, -0.15) is 0 Å². The smallest absolute Gasteiger partial charge is 0.0584 e. The van der Waals surface area contributed by atoms with Gasteiger partial charge in [0.1, 0.15) is 0 Å². The lowest BCUT2D eigenvalue weighted by atomic mass is 10.0. The van der Waals surface area contributed by atoms with Gasteiger partial charge in [0.05, 0.1) is 6.61 Å². The summed E-state index contributed by atoms with van der Waals surface area (Å²) in [5, 5.41) is 12.7. The minimum Gasteiger partial charge on any atom is -0.395 e. The number of aliphatic hydroxyl groups is 1. The summed E-state index contributed by atoms with van der Waals surface area (Å²) in [5.74, 6) is 0.609. The number of aryl methyl sites for hydroxylation is 1. The van der Waals surface area contributed by atoms with Gasteiger partial charge in [-0.3, -0.25) is 0 Å². The fourth-order valence-electron chi connectivity index (χ4n) is 2.05. The Balaban J connectivity index is 2.56. The number of nitrogens with one attached hydrogen (secondary N) is 1. The highest BCUT2D eigenvalue weighted by Gasteiger charge is 2.09. The summed E-state index contributed by atoms with van der Waals surface area (Å²) >= 11 is 0. The van der Waals surface area contributed by atoms with Crippen molar-refractivity contribution in [1.29, 1.82) is 0 Å². The van der Waals surface area contributed by atoms with E-state index in [0.717, 1.165) is 13.0 Å². The molecule has 1 aromatic rings. The molecule has 0 radical (unpaired) electrons. The summed E-state index contributed by atoms with van der Waals surface area (Å²) in [4.78, 5) is 0. The Bertz CT molecular complexity index is 347. The molecule has 2 N–H and O–H groups in total. The van der Waals surface area contributed by atoms with Crippen LogP contribution < -0.4 is 5.32 Å². The number of rotatable bonds is 6. The van der Waals surface area contributed by atoms with E-state index in [1.165, 1.54) is 16.7 Å². The third kappa shape index (κ3) is 4.49. The molecule has 1 atom stereocenters. The van der Waals surface area contributed by atoms with Crippen LogP contribution in [0.4, 0.5) is 0 Å². The van der Waals surface area contributed by atoms with Crippen molar-refractivity contribution in [1.82, 2.24) is 5.32 Å². The Labute approximate surface area is 105 Å². The van der Waals surface area contributed by atoms with Crippen molar-refractivity contribution in [3.8, 4) is 0 Å². The Kier molecular flexibility index (Phi) is 5.66. The van der Waals surface area contributed by atoms with Crippen molar-refractivity contribution in [3.63, 3.8) is 0 Å². The van der Waals surface area contributed by atoms with Crippen molar-refractivity contribution in [2.45, 2.75) is 46.7 Å². The van der Waals surface area contributed by atoms with E-state index in [4.69, 9.17) is 0 Å². The molecule has 0 aliphatic heterocycles. The second kappa shape index (κ2) is 6.77. The first-order chi connectivity index (χ1) is 8.04. The summed E-state index contributed by atoms with van der Waals surface area (Å²) in [6.45, 7) is 9.71. The van der Waals surface area contributed by atoms with E-state index >= 15 is 0 Å². The quantitative estimate of drug-likeness (QED) is 0.794. The highest BCUT2D eigenvalue weighted by atomic mass is 16.3. The lowest BCUT2D eigenvalue weighted by molar-refractivity contribution is 0.223. The predicted molar refractivity (Wildman–Crippen MR) is 73.1 cm³/mol. The zero-order chi connectivity index (χ0) is 12.8. The van der Waals surface area contributed by atoms with Crippen LogP contribution in [0, 0.1) is 19.8 Å². The molecule has 17 heavy (non-hydrogen) atoms. The molecule has 1 aromatic carbocycles. The summed E-state index contributed by atoms with van der Waals surface area (Å²) in [6.07, 6.45) is 1.02. The first kappa shape index (κ1) is 14.2. The van der Waals surface area contributed by atoms with Crippen molar-refractivity contribution in [2.24, 2.45) is 5.92 Å². The topological polar surface area (TPSA) is 32.3 Å². The summed E-state index contributed by atoms with van der Waals surface area (Å²) in [6, 6.07) is 6.58. The normalized spacial score (nSPS) is 13.1. The van der Waals surface area contributed by atoms with Crippen LogP contribution in [0.3, 0.4) is 0 Å². The Morgan fingerprint density at radius 1 is 1.24 bits per heavy atom. The maximum atomic E-state index is 9.31. The van der Waals surface area contributed by atoms with E-state index in [9.17, 15) is 5.11 Å². The molecule has 2 nitrogen and oxygen atoms in total. The van der Waals surface area contributed by atoms with E-state index in [-0.39, 0.29) is 12.6 Å². The van der Waals surface area contributed by atoms with Gasteiger partial charge in [0.2, 0.25) is 0 Å². The van der Waals surface area contributed by atoms with Crippen molar-refractivity contribution < 1.29 is 5.11 Å². The molecule has 0 saturated heterocycles. The molecule has 0 saturated carbocycles. The third-order valence-electron chi connectivity index (χ3n) is 3.27.